The molecule has 0 unspecified atom stereocenters. The fourth-order valence-electron chi connectivity index (χ4n) is 3.75. The van der Waals surface area contributed by atoms with Gasteiger partial charge in [0.1, 0.15) is 0 Å². The molecule has 4 rings (SSSR count). The topological polar surface area (TPSA) is 63.7 Å². The summed E-state index contributed by atoms with van der Waals surface area (Å²) in [6.07, 6.45) is 3.44. The Labute approximate surface area is 127 Å². The first-order valence-electron chi connectivity index (χ1n) is 7.28. The third kappa shape index (κ3) is 1.54. The number of imide groups is 1. The molecule has 0 aliphatic carbocycles. The predicted molar refractivity (Wildman–Crippen MR) is 78.3 cm³/mol. The monoisotopic (exact) mass is 297 g/mol. The van der Waals surface area contributed by atoms with E-state index in [0.29, 0.717) is 11.3 Å². The average molecular weight is 297 g/mol. The lowest BCUT2D eigenvalue weighted by Gasteiger charge is -2.24. The molecule has 3 aliphatic rings. The van der Waals surface area contributed by atoms with Crippen LogP contribution in [0.1, 0.15) is 24.2 Å². The van der Waals surface area contributed by atoms with Crippen LogP contribution in [-0.2, 0) is 14.3 Å². The number of anilines is 1. The van der Waals surface area contributed by atoms with Crippen molar-refractivity contribution in [2.24, 2.45) is 11.8 Å². The minimum Gasteiger partial charge on any atom is -0.362 e. The fourth-order valence-corrected chi connectivity index (χ4v) is 3.75. The molecule has 2 amide bonds. The van der Waals surface area contributed by atoms with E-state index in [0.717, 1.165) is 0 Å². The molecular formula is C17H15NO4. The molecule has 2 bridgehead atoms. The zero-order valence-corrected chi connectivity index (χ0v) is 12.3. The number of ketones is 1. The van der Waals surface area contributed by atoms with E-state index in [9.17, 15) is 14.4 Å². The smallest absolute Gasteiger partial charge is 0.241 e. The van der Waals surface area contributed by atoms with E-state index in [-0.39, 0.29) is 23.7 Å². The third-order valence-electron chi connectivity index (χ3n) is 4.86. The lowest BCUT2D eigenvalue weighted by molar-refractivity contribution is -0.126. The normalized spacial score (nSPS) is 35.4. The van der Waals surface area contributed by atoms with E-state index in [2.05, 4.69) is 0 Å². The number of nitrogens with zero attached hydrogens (tertiary/aromatic N) is 1. The zero-order valence-electron chi connectivity index (χ0n) is 12.3. The number of hydrogen-bond acceptors (Lipinski definition) is 4. The standard InChI is InChI=1S/C17H15NO4/c1-9(19)10-3-5-11(6-4-10)18-15(20)13-12-7-8-17(2,22-12)14(13)16(18)21/h3-8,12-14H,1-2H3/t12-,13+,14-,17-/m0/s1. The van der Waals surface area contributed by atoms with Crippen LogP contribution in [0.15, 0.2) is 36.4 Å². The first-order valence-corrected chi connectivity index (χ1v) is 7.28. The highest BCUT2D eigenvalue weighted by atomic mass is 16.5. The van der Waals surface area contributed by atoms with Crippen molar-refractivity contribution in [3.8, 4) is 0 Å². The molecule has 0 spiro atoms. The van der Waals surface area contributed by atoms with Crippen LogP contribution in [0.4, 0.5) is 5.69 Å². The minimum atomic E-state index is -0.684. The van der Waals surface area contributed by atoms with Gasteiger partial charge in [-0.25, -0.2) is 4.90 Å². The highest BCUT2D eigenvalue weighted by molar-refractivity contribution is 6.23. The van der Waals surface area contributed by atoms with Gasteiger partial charge in [-0.15, -0.1) is 0 Å². The van der Waals surface area contributed by atoms with Gasteiger partial charge in [0.15, 0.2) is 5.78 Å². The van der Waals surface area contributed by atoms with Gasteiger partial charge in [-0.1, -0.05) is 12.2 Å². The Kier molecular flexibility index (Phi) is 2.52. The SMILES string of the molecule is CC(=O)c1ccc(N2C(=O)[C@@H]3[C@@H]4C=C[C@](C)(O4)[C@@H]3C2=O)cc1. The number of hydrogen-bond donors (Lipinski definition) is 0. The lowest BCUT2D eigenvalue weighted by atomic mass is 9.78. The van der Waals surface area contributed by atoms with Gasteiger partial charge in [-0.3, -0.25) is 14.4 Å². The quantitative estimate of drug-likeness (QED) is 0.474. The summed E-state index contributed by atoms with van der Waals surface area (Å²) in [5.74, 6) is -1.38. The molecular weight excluding hydrogens is 282 g/mol. The van der Waals surface area contributed by atoms with Gasteiger partial charge >= 0.3 is 0 Å². The predicted octanol–water partition coefficient (Wildman–Crippen LogP) is 1.72. The molecule has 3 heterocycles. The van der Waals surface area contributed by atoms with Crippen molar-refractivity contribution in [3.63, 3.8) is 0 Å². The van der Waals surface area contributed by atoms with Crippen molar-refractivity contribution in [2.45, 2.75) is 25.6 Å². The van der Waals surface area contributed by atoms with Crippen molar-refractivity contribution < 1.29 is 19.1 Å². The Hall–Kier alpha value is -2.27. The van der Waals surface area contributed by atoms with Crippen molar-refractivity contribution in [1.82, 2.24) is 0 Å². The number of benzene rings is 1. The third-order valence-corrected chi connectivity index (χ3v) is 4.86. The molecule has 2 fully saturated rings. The molecule has 22 heavy (non-hydrogen) atoms. The summed E-state index contributed by atoms with van der Waals surface area (Å²) in [6, 6.07) is 6.56. The van der Waals surface area contributed by atoms with Gasteiger partial charge in [0.05, 0.1) is 29.2 Å². The Morgan fingerprint density at radius 1 is 1.18 bits per heavy atom. The van der Waals surface area contributed by atoms with E-state index < -0.39 is 17.4 Å². The van der Waals surface area contributed by atoms with Crippen LogP contribution < -0.4 is 4.90 Å². The number of rotatable bonds is 2. The molecule has 0 N–H and O–H groups in total. The first kappa shape index (κ1) is 13.4. The van der Waals surface area contributed by atoms with Crippen LogP contribution in [0, 0.1) is 11.8 Å². The zero-order chi connectivity index (χ0) is 15.6. The number of Topliss-reactive ketones (excluding diaryl/α,β-unsaturated/α-hetero) is 1. The molecule has 1 aromatic carbocycles. The highest BCUT2D eigenvalue weighted by Gasteiger charge is 2.65. The number of ether oxygens (including phenoxy) is 1. The molecule has 5 nitrogen and oxygen atoms in total. The number of amides is 2. The summed E-state index contributed by atoms with van der Waals surface area (Å²) >= 11 is 0. The maximum atomic E-state index is 12.7. The summed E-state index contributed by atoms with van der Waals surface area (Å²) in [5.41, 5.74) is 0.383. The van der Waals surface area contributed by atoms with E-state index in [1.807, 2.05) is 19.1 Å². The summed E-state index contributed by atoms with van der Waals surface area (Å²) in [5, 5.41) is 0. The number of carbonyl (C=O) groups is 3. The average Bonchev–Trinajstić information content (AvgIpc) is 3.08. The Balaban J connectivity index is 1.71. The Morgan fingerprint density at radius 2 is 1.86 bits per heavy atom. The van der Waals surface area contributed by atoms with E-state index >= 15 is 0 Å². The van der Waals surface area contributed by atoms with E-state index in [1.54, 1.807) is 24.3 Å². The van der Waals surface area contributed by atoms with Crippen molar-refractivity contribution in [2.75, 3.05) is 4.90 Å². The van der Waals surface area contributed by atoms with Gasteiger partial charge < -0.3 is 4.74 Å². The fraction of sp³-hybridized carbons (Fsp3) is 0.353. The molecule has 112 valence electrons. The van der Waals surface area contributed by atoms with E-state index in [1.165, 1.54) is 11.8 Å². The van der Waals surface area contributed by atoms with Gasteiger partial charge in [-0.05, 0) is 38.1 Å². The van der Waals surface area contributed by atoms with Crippen molar-refractivity contribution in [3.05, 3.63) is 42.0 Å². The van der Waals surface area contributed by atoms with Crippen LogP contribution in [-0.4, -0.2) is 29.3 Å². The highest BCUT2D eigenvalue weighted by Crippen LogP contribution is 2.52. The largest absolute Gasteiger partial charge is 0.362 e. The second-order valence-electron chi connectivity index (χ2n) is 6.24. The van der Waals surface area contributed by atoms with Crippen LogP contribution in [0.3, 0.4) is 0 Å². The Bertz CT molecular complexity index is 736. The summed E-state index contributed by atoms with van der Waals surface area (Å²) in [6.45, 7) is 3.33. The lowest BCUT2D eigenvalue weighted by Crippen LogP contribution is -2.38. The molecule has 0 saturated carbocycles. The Morgan fingerprint density at radius 3 is 2.45 bits per heavy atom. The van der Waals surface area contributed by atoms with E-state index in [4.69, 9.17) is 4.74 Å². The maximum Gasteiger partial charge on any atom is 0.241 e. The molecule has 4 atom stereocenters. The minimum absolute atomic E-state index is 0.0503. The van der Waals surface area contributed by atoms with Gasteiger partial charge in [0, 0.05) is 5.56 Å². The molecule has 2 saturated heterocycles. The maximum absolute atomic E-state index is 12.7. The van der Waals surface area contributed by atoms with Crippen molar-refractivity contribution in [1.29, 1.82) is 0 Å². The molecule has 5 heteroatoms. The molecule has 0 radical (unpaired) electrons. The summed E-state index contributed by atoms with van der Waals surface area (Å²) in [7, 11) is 0. The van der Waals surface area contributed by atoms with Gasteiger partial charge in [-0.2, -0.15) is 0 Å². The molecule has 1 aromatic rings. The first-order chi connectivity index (χ1) is 10.4. The molecule has 0 aromatic heterocycles. The number of carbonyl (C=O) groups excluding carboxylic acids is 3. The second kappa shape index (κ2) is 4.14. The van der Waals surface area contributed by atoms with Crippen LogP contribution >= 0.6 is 0 Å². The van der Waals surface area contributed by atoms with Crippen LogP contribution in [0.5, 0.6) is 0 Å². The summed E-state index contributed by atoms with van der Waals surface area (Å²) < 4.78 is 5.78. The number of fused-ring (bicyclic) bond motifs is 5. The van der Waals surface area contributed by atoms with Gasteiger partial charge in [0.2, 0.25) is 11.8 Å². The van der Waals surface area contributed by atoms with Crippen LogP contribution in [0.25, 0.3) is 0 Å². The van der Waals surface area contributed by atoms with Crippen LogP contribution in [0.2, 0.25) is 0 Å². The van der Waals surface area contributed by atoms with Crippen molar-refractivity contribution >= 4 is 23.3 Å². The molecule has 3 aliphatic heterocycles. The second-order valence-corrected chi connectivity index (χ2v) is 6.24. The summed E-state index contributed by atoms with van der Waals surface area (Å²) in [4.78, 5) is 38.0. The van der Waals surface area contributed by atoms with Gasteiger partial charge in [0.25, 0.3) is 0 Å².